The molecule has 6 heteroatoms. The van der Waals surface area contributed by atoms with E-state index in [0.717, 1.165) is 6.92 Å². The fourth-order valence-corrected chi connectivity index (χ4v) is 0.585. The van der Waals surface area contributed by atoms with Gasteiger partial charge in [-0.25, -0.2) is 4.79 Å². The van der Waals surface area contributed by atoms with Crippen molar-refractivity contribution in [3.8, 4) is 0 Å². The van der Waals surface area contributed by atoms with E-state index in [0.29, 0.717) is 0 Å². The first kappa shape index (κ1) is 12.8. The van der Waals surface area contributed by atoms with Crippen molar-refractivity contribution < 1.29 is 19.6 Å². The van der Waals surface area contributed by atoms with E-state index >= 15 is 0 Å². The van der Waals surface area contributed by atoms with Gasteiger partial charge in [-0.15, -0.1) is 0 Å². The van der Waals surface area contributed by atoms with E-state index < -0.39 is 28.6 Å². The number of nitro groups is 1. The highest BCUT2D eigenvalue weighted by atomic mass is 16.6. The molecule has 0 radical (unpaired) electrons. The molecule has 0 unspecified atom stereocenters. The highest BCUT2D eigenvalue weighted by Gasteiger charge is 2.48. The van der Waals surface area contributed by atoms with Crippen molar-refractivity contribution in [2.75, 3.05) is 6.61 Å². The van der Waals surface area contributed by atoms with Gasteiger partial charge in [-0.3, -0.25) is 10.1 Å². The van der Waals surface area contributed by atoms with E-state index in [4.69, 9.17) is 9.84 Å². The first-order valence-corrected chi connectivity index (χ1v) is 4.12. The number of hydrogen-bond donors (Lipinski definition) is 1. The average molecular weight is 205 g/mol. The lowest BCUT2D eigenvalue weighted by Crippen LogP contribution is -2.50. The van der Waals surface area contributed by atoms with Crippen LogP contribution in [-0.4, -0.2) is 33.7 Å². The number of carbonyl (C=O) groups is 1. The van der Waals surface area contributed by atoms with Crippen LogP contribution in [0.15, 0.2) is 0 Å². The van der Waals surface area contributed by atoms with Gasteiger partial charge in [0.05, 0.1) is 0 Å². The van der Waals surface area contributed by atoms with Crippen molar-refractivity contribution in [3.63, 3.8) is 0 Å². The van der Waals surface area contributed by atoms with E-state index in [1.165, 1.54) is 0 Å². The molecule has 0 amide bonds. The second kappa shape index (κ2) is 3.91. The standard InChI is InChI=1S/C8H15NO5/c1-7(2,3)14-6(11)8(4,5-10)9(12)13/h10H,5H2,1-4H3/t8-/m1/s1. The molecule has 0 bridgehead atoms. The van der Waals surface area contributed by atoms with E-state index in [-0.39, 0.29) is 0 Å². The van der Waals surface area contributed by atoms with Crippen LogP contribution in [0.25, 0.3) is 0 Å². The summed E-state index contributed by atoms with van der Waals surface area (Å²) in [4.78, 5) is 21.0. The number of ether oxygens (including phenoxy) is 1. The maximum atomic E-state index is 11.3. The molecule has 14 heavy (non-hydrogen) atoms. The number of hydrogen-bond acceptors (Lipinski definition) is 5. The maximum absolute atomic E-state index is 11.3. The Morgan fingerprint density at radius 1 is 1.43 bits per heavy atom. The lowest BCUT2D eigenvalue weighted by atomic mass is 10.1. The highest BCUT2D eigenvalue weighted by molar-refractivity contribution is 5.79. The molecule has 0 aliphatic heterocycles. The smallest absolute Gasteiger partial charge is 0.387 e. The highest BCUT2D eigenvalue weighted by Crippen LogP contribution is 2.16. The van der Waals surface area contributed by atoms with E-state index in [1.54, 1.807) is 20.8 Å². The van der Waals surface area contributed by atoms with Crippen molar-refractivity contribution in [3.05, 3.63) is 10.1 Å². The first-order valence-electron chi connectivity index (χ1n) is 4.12. The van der Waals surface area contributed by atoms with Gasteiger partial charge in [-0.05, 0) is 20.8 Å². The zero-order chi connectivity index (χ0) is 11.6. The molecule has 1 N–H and O–H groups in total. The predicted octanol–water partition coefficient (Wildman–Crippen LogP) is 0.356. The maximum Gasteiger partial charge on any atom is 0.387 e. The second-order valence-electron chi connectivity index (χ2n) is 4.19. The van der Waals surface area contributed by atoms with Crippen LogP contribution >= 0.6 is 0 Å². The number of nitrogens with zero attached hydrogens (tertiary/aromatic N) is 1. The van der Waals surface area contributed by atoms with Gasteiger partial charge in [0.25, 0.3) is 0 Å². The minimum Gasteiger partial charge on any atom is -0.455 e. The molecule has 82 valence electrons. The van der Waals surface area contributed by atoms with Gasteiger partial charge in [-0.1, -0.05) is 0 Å². The normalized spacial score (nSPS) is 15.8. The Balaban J connectivity index is 4.73. The summed E-state index contributed by atoms with van der Waals surface area (Å²) in [7, 11) is 0. The van der Waals surface area contributed by atoms with Crippen molar-refractivity contribution in [1.29, 1.82) is 0 Å². The molecule has 0 aliphatic rings. The van der Waals surface area contributed by atoms with Crippen LogP contribution in [0, 0.1) is 10.1 Å². The van der Waals surface area contributed by atoms with E-state index in [1.807, 2.05) is 0 Å². The molecule has 0 heterocycles. The average Bonchev–Trinajstić information content (AvgIpc) is 1.99. The fraction of sp³-hybridized carbons (Fsp3) is 0.875. The molecular weight excluding hydrogens is 190 g/mol. The molecule has 0 aromatic heterocycles. The Bertz CT molecular complexity index is 245. The summed E-state index contributed by atoms with van der Waals surface area (Å²) in [6, 6.07) is 0. The predicted molar refractivity (Wildman–Crippen MR) is 48.3 cm³/mol. The monoisotopic (exact) mass is 205 g/mol. The quantitative estimate of drug-likeness (QED) is 0.408. The van der Waals surface area contributed by atoms with Crippen LogP contribution in [0.3, 0.4) is 0 Å². The second-order valence-corrected chi connectivity index (χ2v) is 4.19. The number of esters is 1. The number of rotatable bonds is 3. The number of aliphatic hydroxyl groups excluding tert-OH is 1. The molecule has 1 atom stereocenters. The summed E-state index contributed by atoms with van der Waals surface area (Å²) in [6.45, 7) is 4.95. The topological polar surface area (TPSA) is 89.7 Å². The van der Waals surface area contributed by atoms with Crippen LogP contribution < -0.4 is 0 Å². The zero-order valence-corrected chi connectivity index (χ0v) is 8.73. The molecule has 6 nitrogen and oxygen atoms in total. The van der Waals surface area contributed by atoms with Crippen molar-refractivity contribution in [2.45, 2.75) is 38.8 Å². The van der Waals surface area contributed by atoms with Gasteiger partial charge in [0, 0.05) is 11.8 Å². The lowest BCUT2D eigenvalue weighted by molar-refractivity contribution is -0.554. The van der Waals surface area contributed by atoms with Gasteiger partial charge in [0.2, 0.25) is 0 Å². The van der Waals surface area contributed by atoms with Gasteiger partial charge in [0.15, 0.2) is 0 Å². The zero-order valence-electron chi connectivity index (χ0n) is 8.73. The van der Waals surface area contributed by atoms with Crippen LogP contribution in [0.2, 0.25) is 0 Å². The van der Waals surface area contributed by atoms with Gasteiger partial charge in [-0.2, -0.15) is 0 Å². The molecule has 0 rings (SSSR count). The molecular formula is C8H15NO5. The first-order chi connectivity index (χ1) is 6.13. The van der Waals surface area contributed by atoms with E-state index in [9.17, 15) is 14.9 Å². The Labute approximate surface area is 82.0 Å². The number of carbonyl (C=O) groups excluding carboxylic acids is 1. The summed E-state index contributed by atoms with van der Waals surface area (Å²) in [5, 5.41) is 19.3. The summed E-state index contributed by atoms with van der Waals surface area (Å²) >= 11 is 0. The van der Waals surface area contributed by atoms with Crippen LogP contribution in [0.4, 0.5) is 0 Å². The van der Waals surface area contributed by atoms with Crippen molar-refractivity contribution >= 4 is 5.97 Å². The molecule has 0 saturated carbocycles. The SMILES string of the molecule is CC(C)(C)OC(=O)[C@@](C)(CO)[N+](=O)[O-]. The van der Waals surface area contributed by atoms with E-state index in [2.05, 4.69) is 0 Å². The summed E-state index contributed by atoms with van der Waals surface area (Å²) in [5.41, 5.74) is -2.88. The third kappa shape index (κ3) is 2.95. The van der Waals surface area contributed by atoms with Crippen molar-refractivity contribution in [1.82, 2.24) is 0 Å². The lowest BCUT2D eigenvalue weighted by Gasteiger charge is -2.24. The Morgan fingerprint density at radius 2 is 1.86 bits per heavy atom. The molecule has 0 fully saturated rings. The Morgan fingerprint density at radius 3 is 2.07 bits per heavy atom. The Kier molecular flexibility index (Phi) is 3.59. The molecule has 0 saturated heterocycles. The largest absolute Gasteiger partial charge is 0.455 e. The summed E-state index contributed by atoms with van der Waals surface area (Å²) in [5.74, 6) is -1.03. The van der Waals surface area contributed by atoms with Gasteiger partial charge >= 0.3 is 11.5 Å². The minimum absolute atomic E-state index is 0.802. The van der Waals surface area contributed by atoms with Gasteiger partial charge in [0.1, 0.15) is 12.2 Å². The minimum atomic E-state index is -2.08. The van der Waals surface area contributed by atoms with Crippen LogP contribution in [-0.2, 0) is 9.53 Å². The summed E-state index contributed by atoms with van der Waals surface area (Å²) in [6.07, 6.45) is 0. The Hall–Kier alpha value is -1.17. The fourth-order valence-electron chi connectivity index (χ4n) is 0.585. The van der Waals surface area contributed by atoms with Gasteiger partial charge < -0.3 is 9.84 Å². The third-order valence-electron chi connectivity index (χ3n) is 1.55. The van der Waals surface area contributed by atoms with Crippen LogP contribution in [0.5, 0.6) is 0 Å². The van der Waals surface area contributed by atoms with Crippen LogP contribution in [0.1, 0.15) is 27.7 Å². The third-order valence-corrected chi connectivity index (χ3v) is 1.55. The summed E-state index contributed by atoms with van der Waals surface area (Å²) < 4.78 is 4.81. The molecule has 0 spiro atoms. The van der Waals surface area contributed by atoms with Crippen molar-refractivity contribution in [2.24, 2.45) is 0 Å². The number of aliphatic hydroxyl groups is 1. The molecule has 0 aromatic carbocycles. The molecule has 0 aromatic rings. The molecule has 0 aliphatic carbocycles.